The highest BCUT2D eigenvalue weighted by molar-refractivity contribution is 9.10. The van der Waals surface area contributed by atoms with E-state index in [0.29, 0.717) is 20.6 Å². The first-order chi connectivity index (χ1) is 17.9. The van der Waals surface area contributed by atoms with Gasteiger partial charge in [0.25, 0.3) is 0 Å². The van der Waals surface area contributed by atoms with Gasteiger partial charge in [0.2, 0.25) is 0 Å². The Bertz CT molecular complexity index is 1440. The second-order valence-electron chi connectivity index (χ2n) is 8.03. The fourth-order valence-electron chi connectivity index (χ4n) is 3.73. The largest absolute Gasteiger partial charge is 0.423 e. The van der Waals surface area contributed by atoms with Crippen molar-refractivity contribution in [1.82, 2.24) is 5.43 Å². The molecule has 4 rings (SSSR count). The number of thiophene rings is 1. The number of nitriles is 1. The topological polar surface area (TPSA) is 121 Å². The van der Waals surface area contributed by atoms with Crippen LogP contribution in [0.15, 0.2) is 64.2 Å². The number of rotatable bonds is 6. The van der Waals surface area contributed by atoms with Crippen molar-refractivity contribution >= 4 is 62.3 Å². The number of amides is 2. The van der Waals surface area contributed by atoms with E-state index in [2.05, 4.69) is 37.8 Å². The van der Waals surface area contributed by atoms with Crippen molar-refractivity contribution < 1.29 is 19.1 Å². The predicted octanol–water partition coefficient (Wildman–Crippen LogP) is 4.97. The Balaban J connectivity index is 1.39. The van der Waals surface area contributed by atoms with Gasteiger partial charge in [-0.15, -0.1) is 11.3 Å². The van der Waals surface area contributed by atoms with Crippen LogP contribution in [0.4, 0.5) is 5.00 Å². The molecule has 10 heteroatoms. The Labute approximate surface area is 225 Å². The van der Waals surface area contributed by atoms with E-state index in [-0.39, 0.29) is 5.75 Å². The summed E-state index contributed by atoms with van der Waals surface area (Å²) in [5.41, 5.74) is 4.80. The molecule has 1 aromatic heterocycles. The van der Waals surface area contributed by atoms with Crippen molar-refractivity contribution in [2.24, 2.45) is 5.10 Å². The molecule has 1 aliphatic carbocycles. The molecule has 0 saturated heterocycles. The summed E-state index contributed by atoms with van der Waals surface area (Å²) in [6.07, 6.45) is 7.90. The molecule has 0 unspecified atom stereocenters. The average molecular weight is 577 g/mol. The van der Waals surface area contributed by atoms with Gasteiger partial charge in [0, 0.05) is 21.0 Å². The highest BCUT2D eigenvalue weighted by Gasteiger charge is 2.23. The second-order valence-corrected chi connectivity index (χ2v) is 10.0. The molecule has 0 fully saturated rings. The lowest BCUT2D eigenvalue weighted by Gasteiger charge is -2.09. The number of halogens is 1. The Hall–Kier alpha value is -4.07. The number of hydrazone groups is 1. The number of anilines is 1. The first kappa shape index (κ1) is 26.0. The number of esters is 1. The molecule has 2 amide bonds. The molecular formula is C27H21BrN4O4S. The highest BCUT2D eigenvalue weighted by Crippen LogP contribution is 2.37. The third-order valence-electron chi connectivity index (χ3n) is 5.48. The molecule has 2 N–H and O–H groups in total. The van der Waals surface area contributed by atoms with Crippen LogP contribution in [0, 0.1) is 11.3 Å². The maximum absolute atomic E-state index is 12.4. The van der Waals surface area contributed by atoms with Crippen LogP contribution < -0.4 is 15.5 Å². The fraction of sp³-hybridized carbons (Fsp3) is 0.148. The molecule has 8 nitrogen and oxygen atoms in total. The number of nitrogens with one attached hydrogen (secondary N) is 2. The Morgan fingerprint density at radius 1 is 1.08 bits per heavy atom. The van der Waals surface area contributed by atoms with E-state index >= 15 is 0 Å². The predicted molar refractivity (Wildman–Crippen MR) is 145 cm³/mol. The number of carbonyl (C=O) groups is 3. The summed E-state index contributed by atoms with van der Waals surface area (Å²) in [6.45, 7) is 0. The van der Waals surface area contributed by atoms with Crippen molar-refractivity contribution in [3.63, 3.8) is 0 Å². The molecule has 1 aliphatic rings. The van der Waals surface area contributed by atoms with Gasteiger partial charge in [-0.25, -0.2) is 10.2 Å². The molecule has 0 saturated carbocycles. The zero-order valence-electron chi connectivity index (χ0n) is 19.5. The van der Waals surface area contributed by atoms with Gasteiger partial charge in [-0.3, -0.25) is 9.59 Å². The van der Waals surface area contributed by atoms with Crippen molar-refractivity contribution in [1.29, 1.82) is 5.26 Å². The second kappa shape index (κ2) is 12.3. The number of nitrogens with zero attached hydrogens (tertiary/aromatic N) is 2. The number of ether oxygens (including phenoxy) is 1. The molecule has 3 aromatic rings. The molecule has 0 radical (unpaired) electrons. The third kappa shape index (κ3) is 6.78. The Morgan fingerprint density at radius 2 is 1.86 bits per heavy atom. The smallest absolute Gasteiger partial charge is 0.336 e. The minimum atomic E-state index is -0.995. The van der Waals surface area contributed by atoms with E-state index in [9.17, 15) is 19.6 Å². The van der Waals surface area contributed by atoms with Crippen LogP contribution in [0.25, 0.3) is 6.08 Å². The van der Waals surface area contributed by atoms with Gasteiger partial charge in [-0.2, -0.15) is 10.4 Å². The fourth-order valence-corrected chi connectivity index (χ4v) is 5.34. The number of hydrogen-bond acceptors (Lipinski definition) is 7. The summed E-state index contributed by atoms with van der Waals surface area (Å²) < 4.78 is 6.11. The lowest BCUT2D eigenvalue weighted by atomic mass is 9.96. The van der Waals surface area contributed by atoms with Gasteiger partial charge in [0.15, 0.2) is 0 Å². The van der Waals surface area contributed by atoms with Crippen molar-refractivity contribution in [3.8, 4) is 11.8 Å². The lowest BCUT2D eigenvalue weighted by molar-refractivity contribution is -0.136. The number of carbonyl (C=O) groups excluding carboxylic acids is 3. The molecule has 0 atom stereocenters. The minimum Gasteiger partial charge on any atom is -0.423 e. The first-order valence-electron chi connectivity index (χ1n) is 11.4. The van der Waals surface area contributed by atoms with Gasteiger partial charge >= 0.3 is 17.8 Å². The maximum atomic E-state index is 12.4. The van der Waals surface area contributed by atoms with E-state index in [0.717, 1.165) is 41.7 Å². The summed E-state index contributed by atoms with van der Waals surface area (Å²) in [4.78, 5) is 38.1. The molecule has 0 spiro atoms. The molecule has 1 heterocycles. The van der Waals surface area contributed by atoms with E-state index in [1.807, 2.05) is 30.3 Å². The van der Waals surface area contributed by atoms with Crippen LogP contribution in [-0.4, -0.2) is 24.0 Å². The van der Waals surface area contributed by atoms with Crippen molar-refractivity contribution in [2.75, 3.05) is 5.32 Å². The van der Waals surface area contributed by atoms with Crippen LogP contribution in [0.2, 0.25) is 0 Å². The van der Waals surface area contributed by atoms with Crippen LogP contribution in [0.1, 0.15) is 40.0 Å². The molecular weight excluding hydrogens is 556 g/mol. The monoisotopic (exact) mass is 576 g/mol. The van der Waals surface area contributed by atoms with Crippen molar-refractivity contribution in [3.05, 3.63) is 86.2 Å². The van der Waals surface area contributed by atoms with Crippen LogP contribution in [-0.2, 0) is 27.2 Å². The van der Waals surface area contributed by atoms with Gasteiger partial charge in [-0.05, 0) is 61.1 Å². The van der Waals surface area contributed by atoms with Gasteiger partial charge in [0.05, 0.1) is 11.8 Å². The number of fused-ring (bicyclic) bond motifs is 1. The van der Waals surface area contributed by atoms with E-state index < -0.39 is 17.8 Å². The molecule has 2 aromatic carbocycles. The Kier molecular flexibility index (Phi) is 8.61. The van der Waals surface area contributed by atoms with Gasteiger partial charge in [-0.1, -0.05) is 46.3 Å². The molecule has 0 bridgehead atoms. The van der Waals surface area contributed by atoms with E-state index in [1.54, 1.807) is 24.3 Å². The van der Waals surface area contributed by atoms with E-state index in [4.69, 9.17) is 4.74 Å². The Morgan fingerprint density at radius 3 is 2.65 bits per heavy atom. The summed E-state index contributed by atoms with van der Waals surface area (Å²) in [5.74, 6) is -2.29. The number of aryl methyl sites for hydroxylation is 1. The first-order valence-corrected chi connectivity index (χ1v) is 13.0. The minimum absolute atomic E-state index is 0.219. The third-order valence-corrected chi connectivity index (χ3v) is 7.18. The van der Waals surface area contributed by atoms with Crippen LogP contribution in [0.3, 0.4) is 0 Å². The zero-order chi connectivity index (χ0) is 26.2. The van der Waals surface area contributed by atoms with Crippen molar-refractivity contribution in [2.45, 2.75) is 25.7 Å². The van der Waals surface area contributed by atoms with Crippen LogP contribution >= 0.6 is 27.3 Å². The summed E-state index contributed by atoms with van der Waals surface area (Å²) in [7, 11) is 0. The standard InChI is InChI=1S/C27H21BrN4O4S/c28-19-11-12-22(36-24(33)13-10-17-6-2-1-3-7-17)18(14-19)16-30-32-26(35)25(34)31-27-21(15-29)20-8-4-5-9-23(20)37-27/h1-3,6-7,10-14,16H,4-5,8-9H2,(H,31,34)(H,32,35)/b13-10+,30-16+. The van der Waals surface area contributed by atoms with Crippen LogP contribution in [0.5, 0.6) is 5.75 Å². The van der Waals surface area contributed by atoms with Gasteiger partial charge in [0.1, 0.15) is 16.8 Å². The SMILES string of the molecule is N#Cc1c(NC(=O)C(=O)N/N=C/c2cc(Br)ccc2OC(=O)/C=C/c2ccccc2)sc2c1CCCC2. The van der Waals surface area contributed by atoms with Gasteiger partial charge < -0.3 is 10.1 Å². The normalized spacial score (nSPS) is 12.6. The summed E-state index contributed by atoms with van der Waals surface area (Å²) in [6, 6.07) is 16.4. The lowest BCUT2D eigenvalue weighted by Crippen LogP contribution is -2.32. The quantitative estimate of drug-likeness (QED) is 0.107. The molecule has 37 heavy (non-hydrogen) atoms. The van der Waals surface area contributed by atoms with E-state index in [1.165, 1.54) is 23.6 Å². The number of benzene rings is 2. The molecule has 0 aliphatic heterocycles. The average Bonchev–Trinajstić information content (AvgIpc) is 3.26. The number of hydrogen-bond donors (Lipinski definition) is 2. The molecule has 186 valence electrons. The summed E-state index contributed by atoms with van der Waals surface area (Å²) >= 11 is 4.68. The maximum Gasteiger partial charge on any atom is 0.336 e. The highest BCUT2D eigenvalue weighted by atomic mass is 79.9. The zero-order valence-corrected chi connectivity index (χ0v) is 21.9. The summed E-state index contributed by atoms with van der Waals surface area (Å²) in [5, 5.41) is 16.3.